The van der Waals surface area contributed by atoms with Crippen LogP contribution < -0.4 is 0 Å². The molecular weight excluding hydrogens is 212 g/mol. The molecule has 13 heavy (non-hydrogen) atoms. The zero-order valence-corrected chi connectivity index (χ0v) is 11.7. The van der Waals surface area contributed by atoms with Crippen molar-refractivity contribution in [2.24, 2.45) is 0 Å². The minimum Gasteiger partial charge on any atom is -0.143 e. The van der Waals surface area contributed by atoms with Crippen LogP contribution in [-0.4, -0.2) is 18.4 Å². The van der Waals surface area contributed by atoms with E-state index in [1.54, 1.807) is 4.53 Å². The van der Waals surface area contributed by atoms with Crippen LogP contribution in [0.2, 0.25) is 19.6 Å². The molecule has 3 heteroatoms. The van der Waals surface area contributed by atoms with E-state index in [2.05, 4.69) is 56.2 Å². The maximum atomic E-state index is 2.47. The average Bonchev–Trinajstić information content (AvgIpc) is 2.04. The second-order valence-corrected chi connectivity index (χ2v) is 12.7. The quantitative estimate of drug-likeness (QED) is 0.663. The lowest BCUT2D eigenvalue weighted by Crippen LogP contribution is -2.25. The molecule has 1 atom stereocenters. The molecule has 1 aliphatic heterocycles. The Kier molecular flexibility index (Phi) is 4.46. The van der Waals surface area contributed by atoms with Crippen molar-refractivity contribution in [1.29, 1.82) is 0 Å². The lowest BCUT2D eigenvalue weighted by molar-refractivity contribution is 0.871. The van der Waals surface area contributed by atoms with Crippen LogP contribution in [0, 0.1) is 0 Å². The minimum atomic E-state index is -1.02. The Bertz CT molecular complexity index is 194. The highest BCUT2D eigenvalue weighted by molar-refractivity contribution is 8.20. The van der Waals surface area contributed by atoms with Crippen molar-refractivity contribution in [3.05, 3.63) is 10.6 Å². The molecule has 0 spiro atoms. The summed E-state index contributed by atoms with van der Waals surface area (Å²) in [5, 5.41) is 0. The molecule has 0 saturated carbocycles. The number of thioether (sulfide) groups is 2. The Hall–Kier alpha value is 0.657. The van der Waals surface area contributed by atoms with Gasteiger partial charge in [0.1, 0.15) is 0 Å². The van der Waals surface area contributed by atoms with Crippen molar-refractivity contribution < 1.29 is 0 Å². The van der Waals surface area contributed by atoms with Crippen LogP contribution in [0.15, 0.2) is 10.6 Å². The Morgan fingerprint density at radius 1 is 1.46 bits per heavy atom. The van der Waals surface area contributed by atoms with Crippen molar-refractivity contribution in [3.8, 4) is 0 Å². The van der Waals surface area contributed by atoms with Crippen LogP contribution >= 0.6 is 23.5 Å². The molecule has 0 saturated heterocycles. The molecule has 0 aromatic heterocycles. The first-order valence-electron chi connectivity index (χ1n) is 5.03. The van der Waals surface area contributed by atoms with Crippen LogP contribution in [0.4, 0.5) is 0 Å². The third-order valence-electron chi connectivity index (χ3n) is 2.07. The highest BCUT2D eigenvalue weighted by Crippen LogP contribution is 2.41. The molecule has 0 N–H and O–H groups in total. The summed E-state index contributed by atoms with van der Waals surface area (Å²) in [6, 6.07) is 0. The molecular formula is C10H20S2Si. The van der Waals surface area contributed by atoms with Crippen molar-refractivity contribution in [2.75, 3.05) is 5.75 Å². The highest BCUT2D eigenvalue weighted by Gasteiger charge is 2.25. The smallest absolute Gasteiger partial charge is 0.0854 e. The standard InChI is InChI=1S/C10H20S2Si/c1-5-6-9-11-8-7-10(12-9)13(2,3)4/h7,9H,5-6,8H2,1-4H3. The Labute approximate surface area is 92.0 Å². The minimum absolute atomic E-state index is 0.844. The maximum absolute atomic E-state index is 2.47. The summed E-state index contributed by atoms with van der Waals surface area (Å²) in [4.78, 5) is 0. The molecule has 1 unspecified atom stereocenters. The van der Waals surface area contributed by atoms with Gasteiger partial charge in [0.05, 0.1) is 12.7 Å². The SMILES string of the molecule is CCCC1SCC=C([Si](C)(C)C)S1. The molecule has 0 bridgehead atoms. The molecule has 0 aromatic rings. The zero-order valence-electron chi connectivity index (χ0n) is 9.09. The van der Waals surface area contributed by atoms with Gasteiger partial charge in [-0.1, -0.05) is 39.1 Å². The van der Waals surface area contributed by atoms with Crippen LogP contribution in [0.1, 0.15) is 19.8 Å². The van der Waals surface area contributed by atoms with E-state index in [4.69, 9.17) is 0 Å². The summed E-state index contributed by atoms with van der Waals surface area (Å²) < 4.78 is 2.57. The van der Waals surface area contributed by atoms with Crippen molar-refractivity contribution in [1.82, 2.24) is 0 Å². The Morgan fingerprint density at radius 3 is 2.69 bits per heavy atom. The molecule has 76 valence electrons. The van der Waals surface area contributed by atoms with Gasteiger partial charge in [0.2, 0.25) is 0 Å². The first kappa shape index (κ1) is 11.7. The van der Waals surface area contributed by atoms with E-state index < -0.39 is 8.07 Å². The number of hydrogen-bond acceptors (Lipinski definition) is 2. The summed E-state index contributed by atoms with van der Waals surface area (Å²) in [5.41, 5.74) is 0. The van der Waals surface area contributed by atoms with E-state index in [1.807, 2.05) is 0 Å². The van der Waals surface area contributed by atoms with Crippen molar-refractivity contribution >= 4 is 31.6 Å². The predicted octanol–water partition coefficient (Wildman–Crippen LogP) is 4.35. The summed E-state index contributed by atoms with van der Waals surface area (Å²) in [7, 11) is -1.02. The Morgan fingerprint density at radius 2 is 2.15 bits per heavy atom. The summed E-state index contributed by atoms with van der Waals surface area (Å²) in [5.74, 6) is 1.25. The van der Waals surface area contributed by atoms with Gasteiger partial charge in [0, 0.05) is 5.75 Å². The van der Waals surface area contributed by atoms with E-state index in [0.29, 0.717) is 0 Å². The third-order valence-corrected chi connectivity index (χ3v) is 8.53. The molecule has 0 nitrogen and oxygen atoms in total. The molecule has 0 aliphatic carbocycles. The third kappa shape index (κ3) is 3.72. The van der Waals surface area contributed by atoms with Gasteiger partial charge in [-0.05, 0) is 10.9 Å². The van der Waals surface area contributed by atoms with E-state index in [1.165, 1.54) is 18.6 Å². The fraction of sp³-hybridized carbons (Fsp3) is 0.800. The average molecular weight is 232 g/mol. The van der Waals surface area contributed by atoms with E-state index in [0.717, 1.165) is 4.58 Å². The van der Waals surface area contributed by atoms with Crippen molar-refractivity contribution in [2.45, 2.75) is 44.0 Å². The lowest BCUT2D eigenvalue weighted by Gasteiger charge is -2.28. The predicted molar refractivity (Wildman–Crippen MR) is 70.2 cm³/mol. The fourth-order valence-electron chi connectivity index (χ4n) is 1.32. The molecule has 1 aliphatic rings. The lowest BCUT2D eigenvalue weighted by atomic mass is 10.4. The largest absolute Gasteiger partial charge is 0.143 e. The molecule has 1 heterocycles. The van der Waals surface area contributed by atoms with Gasteiger partial charge in [0.15, 0.2) is 0 Å². The second kappa shape index (κ2) is 4.94. The van der Waals surface area contributed by atoms with Gasteiger partial charge in [-0.25, -0.2) is 0 Å². The van der Waals surface area contributed by atoms with Gasteiger partial charge in [-0.2, -0.15) is 0 Å². The van der Waals surface area contributed by atoms with Gasteiger partial charge in [0.25, 0.3) is 0 Å². The monoisotopic (exact) mass is 232 g/mol. The molecule has 0 amide bonds. The summed E-state index contributed by atoms with van der Waals surface area (Å²) in [6.45, 7) is 9.63. The highest BCUT2D eigenvalue weighted by atomic mass is 32.2. The summed E-state index contributed by atoms with van der Waals surface area (Å²) >= 11 is 4.27. The number of rotatable bonds is 3. The van der Waals surface area contributed by atoms with Gasteiger partial charge in [-0.3, -0.25) is 0 Å². The molecule has 0 fully saturated rings. The second-order valence-electron chi connectivity index (χ2n) is 4.49. The normalized spacial score (nSPS) is 24.3. The van der Waals surface area contributed by atoms with Crippen LogP contribution in [0.3, 0.4) is 0 Å². The van der Waals surface area contributed by atoms with Gasteiger partial charge < -0.3 is 0 Å². The van der Waals surface area contributed by atoms with E-state index in [9.17, 15) is 0 Å². The molecule has 0 radical (unpaired) electrons. The first-order chi connectivity index (χ1) is 6.04. The topological polar surface area (TPSA) is 0 Å². The molecule has 1 rings (SSSR count). The van der Waals surface area contributed by atoms with Crippen LogP contribution in [0.5, 0.6) is 0 Å². The van der Waals surface area contributed by atoms with Crippen molar-refractivity contribution in [3.63, 3.8) is 0 Å². The van der Waals surface area contributed by atoms with Gasteiger partial charge in [-0.15, -0.1) is 23.5 Å². The van der Waals surface area contributed by atoms with E-state index in [-0.39, 0.29) is 0 Å². The summed E-state index contributed by atoms with van der Waals surface area (Å²) in [6.07, 6.45) is 5.16. The van der Waals surface area contributed by atoms with Crippen LogP contribution in [-0.2, 0) is 0 Å². The number of hydrogen-bond donors (Lipinski definition) is 0. The molecule has 0 aromatic carbocycles. The van der Waals surface area contributed by atoms with E-state index >= 15 is 0 Å². The zero-order chi connectivity index (χ0) is 9.90. The van der Waals surface area contributed by atoms with Crippen LogP contribution in [0.25, 0.3) is 0 Å². The fourth-order valence-corrected chi connectivity index (χ4v) is 6.90. The first-order valence-corrected chi connectivity index (χ1v) is 10.5. The maximum Gasteiger partial charge on any atom is 0.0854 e. The Balaban J connectivity index is 2.54. The van der Waals surface area contributed by atoms with Gasteiger partial charge >= 0.3 is 0 Å².